The molecule has 0 amide bonds. The average Bonchev–Trinajstić information content (AvgIpc) is 2.23. The molecule has 1 fully saturated rings. The molecule has 102 valence electrons. The van der Waals surface area contributed by atoms with Gasteiger partial charge in [-0.15, -0.1) is 0 Å². The Hall–Kier alpha value is -0.0900. The van der Waals surface area contributed by atoms with Crippen LogP contribution in [0, 0.1) is 11.8 Å². The molecule has 0 bridgehead atoms. The fraction of sp³-hybridized carbons (Fsp3) is 1.00. The molecule has 0 aromatic heterocycles. The summed E-state index contributed by atoms with van der Waals surface area (Å²) in [6, 6.07) is 0. The van der Waals surface area contributed by atoms with Crippen LogP contribution >= 0.6 is 0 Å². The minimum absolute atomic E-state index is 0.0775. The number of hydrogen-bond acceptors (Lipinski definition) is 3. The first kappa shape index (κ1) is 15.0. The van der Waals surface area contributed by atoms with Crippen molar-refractivity contribution in [2.75, 3.05) is 19.3 Å². The van der Waals surface area contributed by atoms with Crippen molar-refractivity contribution in [1.82, 2.24) is 5.32 Å². The molecule has 1 rings (SSSR count). The molecule has 2 unspecified atom stereocenters. The molecule has 1 aliphatic rings. The van der Waals surface area contributed by atoms with Crippen LogP contribution in [-0.4, -0.2) is 33.0 Å². The van der Waals surface area contributed by atoms with Gasteiger partial charge in [-0.25, -0.2) is 8.42 Å². The van der Waals surface area contributed by atoms with Gasteiger partial charge in [-0.3, -0.25) is 0 Å². The van der Waals surface area contributed by atoms with Gasteiger partial charge >= 0.3 is 0 Å². The Bertz CT molecular complexity index is 311. The highest BCUT2D eigenvalue weighted by Gasteiger charge is 2.28. The predicted molar refractivity (Wildman–Crippen MR) is 72.9 cm³/mol. The number of sulfone groups is 1. The Labute approximate surface area is 106 Å². The Balaban J connectivity index is 2.26. The van der Waals surface area contributed by atoms with E-state index in [4.69, 9.17) is 0 Å². The maximum atomic E-state index is 11.5. The largest absolute Gasteiger partial charge is 0.316 e. The summed E-state index contributed by atoms with van der Waals surface area (Å²) in [5.41, 5.74) is 0. The lowest BCUT2D eigenvalue weighted by Gasteiger charge is -2.28. The van der Waals surface area contributed by atoms with Crippen molar-refractivity contribution in [3.05, 3.63) is 0 Å². The molecule has 1 N–H and O–H groups in total. The Morgan fingerprint density at radius 1 is 1.29 bits per heavy atom. The van der Waals surface area contributed by atoms with E-state index < -0.39 is 9.84 Å². The summed E-state index contributed by atoms with van der Waals surface area (Å²) in [6.45, 7) is 6.49. The molecule has 0 aromatic rings. The Morgan fingerprint density at radius 3 is 2.59 bits per heavy atom. The summed E-state index contributed by atoms with van der Waals surface area (Å²) in [7, 11) is -2.82. The molecule has 0 saturated heterocycles. The number of rotatable bonds is 6. The molecule has 0 aliphatic heterocycles. The summed E-state index contributed by atoms with van der Waals surface area (Å²) in [5.74, 6) is 1.29. The molecule has 0 radical (unpaired) electrons. The molecular weight excluding hydrogens is 234 g/mol. The summed E-state index contributed by atoms with van der Waals surface area (Å²) in [6.07, 6.45) is 6.54. The van der Waals surface area contributed by atoms with Crippen LogP contribution in [0.1, 0.15) is 46.0 Å². The lowest BCUT2D eigenvalue weighted by Crippen LogP contribution is -2.29. The molecule has 1 saturated carbocycles. The van der Waals surface area contributed by atoms with E-state index >= 15 is 0 Å². The maximum absolute atomic E-state index is 11.5. The van der Waals surface area contributed by atoms with Crippen molar-refractivity contribution < 1.29 is 8.42 Å². The summed E-state index contributed by atoms with van der Waals surface area (Å²) < 4.78 is 23.1. The average molecular weight is 261 g/mol. The highest BCUT2D eigenvalue weighted by Crippen LogP contribution is 2.30. The van der Waals surface area contributed by atoms with Gasteiger partial charge in [-0.1, -0.05) is 26.7 Å². The zero-order chi connectivity index (χ0) is 12.9. The SMILES string of the molecule is CC(C)CNCCC1CCCC(S(C)(=O)=O)C1. The zero-order valence-electron chi connectivity index (χ0n) is 11.4. The molecule has 17 heavy (non-hydrogen) atoms. The topological polar surface area (TPSA) is 46.2 Å². The predicted octanol–water partition coefficient (Wildman–Crippen LogP) is 2.23. The Kier molecular flexibility index (Phi) is 5.93. The summed E-state index contributed by atoms with van der Waals surface area (Å²) in [5, 5.41) is 3.36. The van der Waals surface area contributed by atoms with Crippen LogP contribution < -0.4 is 5.32 Å². The first-order valence-electron chi connectivity index (χ1n) is 6.79. The van der Waals surface area contributed by atoms with E-state index in [9.17, 15) is 8.42 Å². The second kappa shape index (κ2) is 6.74. The zero-order valence-corrected chi connectivity index (χ0v) is 12.2. The van der Waals surface area contributed by atoms with Crippen LogP contribution in [0.25, 0.3) is 0 Å². The third-order valence-electron chi connectivity index (χ3n) is 3.62. The molecule has 0 aromatic carbocycles. The van der Waals surface area contributed by atoms with Crippen LogP contribution in [0.4, 0.5) is 0 Å². The number of nitrogens with one attached hydrogen (secondary N) is 1. The van der Waals surface area contributed by atoms with E-state index in [1.165, 1.54) is 12.7 Å². The lowest BCUT2D eigenvalue weighted by molar-refractivity contribution is 0.332. The van der Waals surface area contributed by atoms with E-state index in [2.05, 4.69) is 19.2 Å². The normalized spacial score (nSPS) is 26.4. The molecule has 4 heteroatoms. The van der Waals surface area contributed by atoms with Gasteiger partial charge in [0, 0.05) is 6.26 Å². The van der Waals surface area contributed by atoms with Gasteiger partial charge in [0.25, 0.3) is 0 Å². The minimum atomic E-state index is -2.82. The van der Waals surface area contributed by atoms with Crippen molar-refractivity contribution in [2.45, 2.75) is 51.2 Å². The standard InChI is InChI=1S/C13H27NO2S/c1-11(2)10-14-8-7-12-5-4-6-13(9-12)17(3,15)16/h11-14H,4-10H2,1-3H3. The van der Waals surface area contributed by atoms with Crippen molar-refractivity contribution in [3.8, 4) is 0 Å². The highest BCUT2D eigenvalue weighted by molar-refractivity contribution is 7.91. The molecule has 0 spiro atoms. The molecule has 1 aliphatic carbocycles. The smallest absolute Gasteiger partial charge is 0.150 e. The molecule has 2 atom stereocenters. The minimum Gasteiger partial charge on any atom is -0.316 e. The van der Waals surface area contributed by atoms with Gasteiger partial charge in [0.05, 0.1) is 5.25 Å². The quantitative estimate of drug-likeness (QED) is 0.746. The van der Waals surface area contributed by atoms with Crippen molar-refractivity contribution in [3.63, 3.8) is 0 Å². The van der Waals surface area contributed by atoms with Crippen LogP contribution in [0.15, 0.2) is 0 Å². The number of hydrogen-bond donors (Lipinski definition) is 1. The molecule has 3 nitrogen and oxygen atoms in total. The van der Waals surface area contributed by atoms with Gasteiger partial charge in [0.15, 0.2) is 0 Å². The van der Waals surface area contributed by atoms with Crippen LogP contribution in [-0.2, 0) is 9.84 Å². The first-order valence-corrected chi connectivity index (χ1v) is 8.74. The summed E-state index contributed by atoms with van der Waals surface area (Å²) in [4.78, 5) is 0. The summed E-state index contributed by atoms with van der Waals surface area (Å²) >= 11 is 0. The van der Waals surface area contributed by atoms with Crippen LogP contribution in [0.2, 0.25) is 0 Å². The first-order chi connectivity index (χ1) is 7.89. The second-order valence-corrected chi connectivity index (χ2v) is 8.20. The molecular formula is C13H27NO2S. The highest BCUT2D eigenvalue weighted by atomic mass is 32.2. The van der Waals surface area contributed by atoms with Crippen molar-refractivity contribution in [2.24, 2.45) is 11.8 Å². The van der Waals surface area contributed by atoms with Gasteiger partial charge in [-0.2, -0.15) is 0 Å². The van der Waals surface area contributed by atoms with Crippen molar-refractivity contribution >= 4 is 9.84 Å². The van der Waals surface area contributed by atoms with Gasteiger partial charge < -0.3 is 5.32 Å². The second-order valence-electron chi connectivity index (χ2n) is 5.87. The van der Waals surface area contributed by atoms with Crippen LogP contribution in [0.5, 0.6) is 0 Å². The van der Waals surface area contributed by atoms with Gasteiger partial charge in [-0.05, 0) is 44.2 Å². The van der Waals surface area contributed by atoms with E-state index in [0.29, 0.717) is 11.8 Å². The van der Waals surface area contributed by atoms with Crippen molar-refractivity contribution in [1.29, 1.82) is 0 Å². The third-order valence-corrected chi connectivity index (χ3v) is 5.26. The molecule has 0 heterocycles. The third kappa shape index (κ3) is 5.87. The fourth-order valence-corrected chi connectivity index (χ4v) is 3.81. The fourth-order valence-electron chi connectivity index (χ4n) is 2.59. The monoisotopic (exact) mass is 261 g/mol. The van der Waals surface area contributed by atoms with E-state index in [1.807, 2.05) is 0 Å². The maximum Gasteiger partial charge on any atom is 0.150 e. The van der Waals surface area contributed by atoms with E-state index in [1.54, 1.807) is 0 Å². The van der Waals surface area contributed by atoms with Crippen LogP contribution in [0.3, 0.4) is 0 Å². The van der Waals surface area contributed by atoms with Gasteiger partial charge in [0.1, 0.15) is 9.84 Å². The Morgan fingerprint density at radius 2 is 2.00 bits per heavy atom. The van der Waals surface area contributed by atoms with Gasteiger partial charge in [0.2, 0.25) is 0 Å². The lowest BCUT2D eigenvalue weighted by atomic mass is 9.86. The van der Waals surface area contributed by atoms with E-state index in [-0.39, 0.29) is 5.25 Å². The van der Waals surface area contributed by atoms with E-state index in [0.717, 1.165) is 38.8 Å².